The molecule has 0 unspecified atom stereocenters. The molecule has 1 N–H and O–H groups in total. The van der Waals surface area contributed by atoms with Gasteiger partial charge in [-0.05, 0) is 41.9 Å². The zero-order chi connectivity index (χ0) is 14.7. The highest BCUT2D eigenvalue weighted by Crippen LogP contribution is 2.19. The van der Waals surface area contributed by atoms with Crippen molar-refractivity contribution in [2.24, 2.45) is 7.05 Å². The van der Waals surface area contributed by atoms with Crippen LogP contribution in [0.4, 0.5) is 0 Å². The van der Waals surface area contributed by atoms with E-state index in [2.05, 4.69) is 40.2 Å². The predicted octanol–water partition coefficient (Wildman–Crippen LogP) is 2.54. The Morgan fingerprint density at radius 2 is 2.25 bits per heavy atom. The molecule has 2 rings (SSSR count). The van der Waals surface area contributed by atoms with Crippen molar-refractivity contribution in [1.29, 1.82) is 0 Å². The molecule has 0 aliphatic carbocycles. The normalized spacial score (nSPS) is 11.1. The van der Waals surface area contributed by atoms with Crippen molar-refractivity contribution in [2.75, 3.05) is 6.54 Å². The fraction of sp³-hybridized carbons (Fsp3) is 0.429. The van der Waals surface area contributed by atoms with Crippen LogP contribution in [0.5, 0.6) is 0 Å². The van der Waals surface area contributed by atoms with Crippen LogP contribution in [0.1, 0.15) is 36.1 Å². The first-order valence-corrected chi connectivity index (χ1v) is 7.40. The minimum Gasteiger partial charge on any atom is -0.350 e. The van der Waals surface area contributed by atoms with Gasteiger partial charge in [0.25, 0.3) is 5.91 Å². The molecule has 0 fully saturated rings. The molecule has 0 aliphatic heterocycles. The average Bonchev–Trinajstić information content (AvgIpc) is 2.96. The Bertz CT molecular complexity index is 600. The molecule has 2 aromatic rings. The molecule has 0 saturated heterocycles. The smallest absolute Gasteiger partial charge is 0.267 e. The van der Waals surface area contributed by atoms with Crippen LogP contribution in [0.2, 0.25) is 0 Å². The van der Waals surface area contributed by atoms with Gasteiger partial charge >= 0.3 is 0 Å². The van der Waals surface area contributed by atoms with Gasteiger partial charge in [-0.3, -0.25) is 9.48 Å². The average molecular weight is 339 g/mol. The van der Waals surface area contributed by atoms with Crippen LogP contribution < -0.4 is 5.32 Å². The number of nitrogens with one attached hydrogen (secondary N) is 1. The zero-order valence-corrected chi connectivity index (χ0v) is 13.5. The lowest BCUT2D eigenvalue weighted by Crippen LogP contribution is -2.28. The number of aromatic nitrogens is 3. The lowest BCUT2D eigenvalue weighted by molar-refractivity contribution is 0.0943. The number of carbonyl (C=O) groups is 1. The van der Waals surface area contributed by atoms with Gasteiger partial charge in [0.2, 0.25) is 0 Å². The number of hydrogen-bond donors (Lipinski definition) is 1. The second kappa shape index (κ2) is 6.26. The predicted molar refractivity (Wildman–Crippen MR) is 81.8 cm³/mol. The molecule has 6 heteroatoms. The summed E-state index contributed by atoms with van der Waals surface area (Å²) in [5.74, 6) is -0.0495. The number of carbonyl (C=O) groups excluding carboxylic acids is 1. The van der Waals surface area contributed by atoms with Crippen molar-refractivity contribution >= 4 is 21.8 Å². The number of hydrogen-bond acceptors (Lipinski definition) is 2. The van der Waals surface area contributed by atoms with Gasteiger partial charge in [0.05, 0.1) is 0 Å². The van der Waals surface area contributed by atoms with E-state index in [4.69, 9.17) is 0 Å². The molecule has 2 heterocycles. The molecular weight excluding hydrogens is 320 g/mol. The van der Waals surface area contributed by atoms with E-state index in [1.54, 1.807) is 6.20 Å². The molecule has 0 saturated carbocycles. The maximum Gasteiger partial charge on any atom is 0.267 e. The van der Waals surface area contributed by atoms with Crippen LogP contribution in [0, 0.1) is 0 Å². The minimum absolute atomic E-state index is 0.0495. The van der Waals surface area contributed by atoms with Gasteiger partial charge in [0.15, 0.2) is 0 Å². The lowest BCUT2D eigenvalue weighted by Gasteiger charge is -2.12. The molecule has 0 radical (unpaired) electrons. The van der Waals surface area contributed by atoms with Crippen LogP contribution in [-0.2, 0) is 13.5 Å². The summed E-state index contributed by atoms with van der Waals surface area (Å²) in [5.41, 5.74) is 1.78. The first kappa shape index (κ1) is 14.8. The summed E-state index contributed by atoms with van der Waals surface area (Å²) in [4.78, 5) is 12.2. The van der Waals surface area contributed by atoms with E-state index < -0.39 is 0 Å². The molecule has 1 amide bonds. The highest BCUT2D eigenvalue weighted by Gasteiger charge is 2.14. The number of rotatable bonds is 5. The molecular formula is C14H19BrN4O. The second-order valence-corrected chi connectivity index (χ2v) is 5.91. The van der Waals surface area contributed by atoms with Crippen molar-refractivity contribution in [1.82, 2.24) is 19.7 Å². The van der Waals surface area contributed by atoms with Gasteiger partial charge in [0, 0.05) is 48.6 Å². The maximum absolute atomic E-state index is 12.2. The number of amides is 1. The standard InChI is InChI=1S/C14H19BrN4O/c1-10(2)19-9-11(15)8-13(19)14(20)16-6-4-12-5-7-17-18(12)3/h5,7-10H,4,6H2,1-3H3,(H,16,20). The number of aryl methyl sites for hydroxylation is 1. The van der Waals surface area contributed by atoms with E-state index in [0.717, 1.165) is 16.6 Å². The Labute approximate surface area is 127 Å². The zero-order valence-electron chi connectivity index (χ0n) is 11.9. The summed E-state index contributed by atoms with van der Waals surface area (Å²) in [6, 6.07) is 4.05. The third-order valence-corrected chi connectivity index (χ3v) is 3.63. The van der Waals surface area contributed by atoms with Crippen molar-refractivity contribution in [2.45, 2.75) is 26.3 Å². The quantitative estimate of drug-likeness (QED) is 0.910. The van der Waals surface area contributed by atoms with Crippen LogP contribution in [-0.4, -0.2) is 26.8 Å². The van der Waals surface area contributed by atoms with Gasteiger partial charge in [-0.15, -0.1) is 0 Å². The summed E-state index contributed by atoms with van der Waals surface area (Å²) in [7, 11) is 1.90. The summed E-state index contributed by atoms with van der Waals surface area (Å²) in [6.45, 7) is 4.71. The van der Waals surface area contributed by atoms with Crippen molar-refractivity contribution in [3.05, 3.63) is 40.4 Å². The summed E-state index contributed by atoms with van der Waals surface area (Å²) in [6.07, 6.45) is 4.46. The Morgan fingerprint density at radius 1 is 1.50 bits per heavy atom. The lowest BCUT2D eigenvalue weighted by atomic mass is 10.3. The highest BCUT2D eigenvalue weighted by atomic mass is 79.9. The monoisotopic (exact) mass is 338 g/mol. The van der Waals surface area contributed by atoms with E-state index >= 15 is 0 Å². The summed E-state index contributed by atoms with van der Waals surface area (Å²) < 4.78 is 4.70. The first-order valence-electron chi connectivity index (χ1n) is 6.61. The summed E-state index contributed by atoms with van der Waals surface area (Å²) in [5, 5.41) is 7.06. The van der Waals surface area contributed by atoms with Crippen molar-refractivity contribution < 1.29 is 4.79 Å². The van der Waals surface area contributed by atoms with Crippen LogP contribution in [0.3, 0.4) is 0 Å². The molecule has 0 spiro atoms. The largest absolute Gasteiger partial charge is 0.350 e. The molecule has 5 nitrogen and oxygen atoms in total. The van der Waals surface area contributed by atoms with E-state index in [9.17, 15) is 4.79 Å². The van der Waals surface area contributed by atoms with Crippen molar-refractivity contribution in [3.8, 4) is 0 Å². The fourth-order valence-corrected chi connectivity index (χ4v) is 2.53. The van der Waals surface area contributed by atoms with Crippen LogP contribution >= 0.6 is 15.9 Å². The second-order valence-electron chi connectivity index (χ2n) is 5.00. The number of nitrogens with zero attached hydrogens (tertiary/aromatic N) is 3. The first-order chi connectivity index (χ1) is 9.49. The van der Waals surface area contributed by atoms with Gasteiger partial charge < -0.3 is 9.88 Å². The Morgan fingerprint density at radius 3 is 2.85 bits per heavy atom. The van der Waals surface area contributed by atoms with Crippen LogP contribution in [0.25, 0.3) is 0 Å². The SMILES string of the molecule is CC(C)n1cc(Br)cc1C(=O)NCCc1ccnn1C. The topological polar surface area (TPSA) is 51.9 Å². The molecule has 0 aliphatic rings. The molecule has 2 aromatic heterocycles. The summed E-state index contributed by atoms with van der Waals surface area (Å²) >= 11 is 3.42. The van der Waals surface area contributed by atoms with E-state index in [-0.39, 0.29) is 11.9 Å². The van der Waals surface area contributed by atoms with Crippen molar-refractivity contribution in [3.63, 3.8) is 0 Å². The maximum atomic E-state index is 12.2. The molecule has 108 valence electrons. The fourth-order valence-electron chi connectivity index (χ4n) is 2.10. The Hall–Kier alpha value is -1.56. The van der Waals surface area contributed by atoms with E-state index in [0.29, 0.717) is 12.2 Å². The molecule has 0 bridgehead atoms. The van der Waals surface area contributed by atoms with Crippen LogP contribution in [0.15, 0.2) is 29.0 Å². The van der Waals surface area contributed by atoms with E-state index in [1.165, 1.54) is 0 Å². The molecule has 0 atom stereocenters. The van der Waals surface area contributed by atoms with Gasteiger partial charge in [-0.1, -0.05) is 0 Å². The molecule has 0 aromatic carbocycles. The van der Waals surface area contributed by atoms with Gasteiger partial charge in [-0.25, -0.2) is 0 Å². The minimum atomic E-state index is -0.0495. The van der Waals surface area contributed by atoms with E-state index in [1.807, 2.05) is 34.6 Å². The molecule has 20 heavy (non-hydrogen) atoms. The Balaban J connectivity index is 1.97. The van der Waals surface area contributed by atoms with Gasteiger partial charge in [-0.2, -0.15) is 5.10 Å². The highest BCUT2D eigenvalue weighted by molar-refractivity contribution is 9.10. The number of halogens is 1. The Kier molecular flexibility index (Phi) is 4.65. The van der Waals surface area contributed by atoms with Gasteiger partial charge in [0.1, 0.15) is 5.69 Å². The third-order valence-electron chi connectivity index (χ3n) is 3.19. The third kappa shape index (κ3) is 3.30.